The highest BCUT2D eigenvalue weighted by Gasteiger charge is 2.02. The normalized spacial score (nSPS) is 8.42. The molecule has 0 spiro atoms. The van der Waals surface area contributed by atoms with E-state index in [1.807, 2.05) is 173 Å². The number of rotatable bonds is 2. The number of hydrogen-bond donors (Lipinski definition) is 0. The zero-order valence-corrected chi connectivity index (χ0v) is 73.8. The van der Waals surface area contributed by atoms with E-state index >= 15 is 0 Å². The lowest BCUT2D eigenvalue weighted by atomic mass is 9.99. The van der Waals surface area contributed by atoms with Crippen LogP contribution in [0.1, 0.15) is 339 Å². The van der Waals surface area contributed by atoms with Crippen LogP contribution in [0.3, 0.4) is 0 Å². The highest BCUT2D eigenvalue weighted by atomic mass is 14.1. The smallest absolute Gasteiger partial charge is 0.0177 e. The summed E-state index contributed by atoms with van der Waals surface area (Å²) in [6.45, 7) is 88.0. The van der Waals surface area contributed by atoms with Crippen LogP contribution in [0, 0.1) is 21.7 Å². The second kappa shape index (κ2) is 100. The van der Waals surface area contributed by atoms with Gasteiger partial charge in [0.2, 0.25) is 0 Å². The van der Waals surface area contributed by atoms with E-state index < -0.39 is 0 Å². The van der Waals surface area contributed by atoms with Gasteiger partial charge in [0.1, 0.15) is 0 Å². The Morgan fingerprint density at radius 2 is 0.267 bits per heavy atom. The van der Waals surface area contributed by atoms with Crippen LogP contribution in [0.2, 0.25) is 0 Å². The maximum atomic E-state index is 2.26. The van der Waals surface area contributed by atoms with Crippen LogP contribution in [0.25, 0.3) is 54.6 Å². The third-order valence-corrected chi connectivity index (χ3v) is 8.04. The molecular formula is C101H184. The van der Waals surface area contributed by atoms with E-state index in [2.05, 4.69) is 348 Å². The molecule has 9 aromatic carbocycles. The lowest BCUT2D eigenvalue weighted by molar-refractivity contribution is 0.469. The van der Waals surface area contributed by atoms with E-state index in [1.54, 1.807) is 0 Å². The molecule has 0 atom stereocenters. The first-order valence-electron chi connectivity index (χ1n) is 39.0. The minimum absolute atomic E-state index is 0. The van der Waals surface area contributed by atoms with E-state index in [9.17, 15) is 0 Å². The van der Waals surface area contributed by atoms with Crippen molar-refractivity contribution in [2.24, 2.45) is 21.7 Å². The predicted octanol–water partition coefficient (Wildman–Crippen LogP) is 38.6. The van der Waals surface area contributed by atoms with Gasteiger partial charge in [0.05, 0.1) is 0 Å². The average Bonchev–Trinajstić information content (AvgIpc) is 0.813. The Morgan fingerprint density at radius 3 is 0.416 bits per heavy atom. The molecule has 0 radical (unpaired) electrons. The van der Waals surface area contributed by atoms with E-state index in [1.165, 1.54) is 80.3 Å². The van der Waals surface area contributed by atoms with Crippen molar-refractivity contribution in [2.75, 3.05) is 0 Å². The maximum Gasteiger partial charge on any atom is -0.0177 e. The lowest BCUT2D eigenvalue weighted by Gasteiger charge is -2.06. The van der Waals surface area contributed by atoms with Crippen LogP contribution in [0.15, 0.2) is 231 Å². The Hall–Kier alpha value is -6.24. The van der Waals surface area contributed by atoms with Crippen molar-refractivity contribution in [3.8, 4) is 22.3 Å². The van der Waals surface area contributed by atoms with Gasteiger partial charge in [0, 0.05) is 0 Å². The summed E-state index contributed by atoms with van der Waals surface area (Å²) in [5.41, 5.74) is 7.10. The van der Waals surface area contributed by atoms with Gasteiger partial charge < -0.3 is 0 Å². The van der Waals surface area contributed by atoms with Gasteiger partial charge in [0.15, 0.2) is 0 Å². The molecule has 588 valence electrons. The molecule has 101 heavy (non-hydrogen) atoms. The highest BCUT2D eigenvalue weighted by Crippen LogP contribution is 2.27. The largest absolute Gasteiger partial charge is 0.0776 e. The molecule has 0 nitrogen and oxygen atoms in total. The molecule has 0 heteroatoms. The van der Waals surface area contributed by atoms with E-state index in [-0.39, 0.29) is 22.3 Å². The Bertz CT molecular complexity index is 2450. The SMILES string of the molecule is C.C.C.CC.CC.CC.CC.CC.CC.CC.CC.CC.CC(C)(C)C.CC(C)(C)C.CC(C)(C)C.CC(C)(C)C.CCC.CCC.CCC.CCC.c1ccc(-c2ccccc2)cc1.c1ccc2cc(-c3ccc4ccccc4c3)ccc2c1.c1ccc2ccccc2c1.c1ccccc1. The van der Waals surface area contributed by atoms with Gasteiger partial charge in [-0.25, -0.2) is 0 Å². The van der Waals surface area contributed by atoms with E-state index in [4.69, 9.17) is 0 Å². The fourth-order valence-electron chi connectivity index (χ4n) is 5.52. The number of hydrogen-bond acceptors (Lipinski definition) is 0. The molecule has 0 aliphatic carbocycles. The fraction of sp³-hybridized carbons (Fsp3) is 0.525. The third-order valence-electron chi connectivity index (χ3n) is 8.04. The first kappa shape index (κ1) is 131. The molecule has 0 fully saturated rings. The van der Waals surface area contributed by atoms with Gasteiger partial charge in [0.25, 0.3) is 0 Å². The molecule has 0 amide bonds. The van der Waals surface area contributed by atoms with Crippen LogP contribution < -0.4 is 0 Å². The fourth-order valence-corrected chi connectivity index (χ4v) is 5.52. The Labute approximate surface area is 641 Å². The molecular weight excluding hydrogens is 1210 g/mol. The van der Waals surface area contributed by atoms with E-state index in [0.717, 1.165) is 0 Å². The van der Waals surface area contributed by atoms with Crippen LogP contribution in [-0.2, 0) is 0 Å². The van der Waals surface area contributed by atoms with Crippen molar-refractivity contribution >= 4 is 32.3 Å². The maximum absolute atomic E-state index is 2.26. The summed E-state index contributed by atoms with van der Waals surface area (Å²) in [5, 5.41) is 7.78. The molecule has 0 saturated carbocycles. The minimum atomic E-state index is 0. The standard InChI is InChI=1S/C20H14.C12H10.C10H8.C6H6.4C5H12.4C3H8.9C2H6.3CH4/c1-3-7-17-13-19(11-9-15(17)5-1)20-12-10-16-6-2-4-8-18(16)14-20;1-3-7-11(8-4-1)12-9-5-2-6-10-12;1-2-6-10-8-4-3-7-9(10)5-1;1-2-4-6-5-3-1;4*1-5(2,3)4;4*1-3-2;9*1-2;;;/h1-14H;1-10H;1-8H;1-6H;4*1-4H3;4*3H2,1-2H3;9*1-2H3;3*1H4. The summed E-state index contributed by atoms with van der Waals surface area (Å²) >= 11 is 0. The topological polar surface area (TPSA) is 0 Å². The predicted molar refractivity (Wildman–Crippen MR) is 496 cm³/mol. The quantitative estimate of drug-likeness (QED) is 0.162. The molecule has 0 unspecified atom stereocenters. The summed E-state index contributed by atoms with van der Waals surface area (Å²) in [5.74, 6) is 0. The molecule has 0 N–H and O–H groups in total. The molecule has 9 rings (SSSR count). The van der Waals surface area contributed by atoms with Crippen molar-refractivity contribution in [1.29, 1.82) is 0 Å². The van der Waals surface area contributed by atoms with Gasteiger partial charge in [-0.15, -0.1) is 0 Å². The van der Waals surface area contributed by atoms with Gasteiger partial charge >= 0.3 is 0 Å². The van der Waals surface area contributed by atoms with Crippen molar-refractivity contribution in [3.63, 3.8) is 0 Å². The average molecular weight is 1400 g/mol. The Kier molecular flexibility index (Phi) is 130. The first-order chi connectivity index (χ1) is 46.5. The molecule has 0 bridgehead atoms. The zero-order chi connectivity index (χ0) is 79.5. The molecule has 0 saturated heterocycles. The summed E-state index contributed by atoms with van der Waals surface area (Å²) in [6, 6.07) is 79.8. The van der Waals surface area contributed by atoms with Gasteiger partial charge in [-0.05, 0) is 88.4 Å². The summed E-state index contributed by atoms with van der Waals surface area (Å²) in [7, 11) is 0. The summed E-state index contributed by atoms with van der Waals surface area (Å²) in [6.07, 6.45) is 5.00. The molecule has 0 aliphatic rings. The summed E-state index contributed by atoms with van der Waals surface area (Å²) < 4.78 is 0. The lowest BCUT2D eigenvalue weighted by Crippen LogP contribution is -1.93. The van der Waals surface area contributed by atoms with Gasteiger partial charge in [-0.1, -0.05) is 557 Å². The van der Waals surface area contributed by atoms with Crippen molar-refractivity contribution in [3.05, 3.63) is 231 Å². The molecule has 0 heterocycles. The first-order valence-corrected chi connectivity index (χ1v) is 39.0. The number of benzene rings is 9. The third kappa shape index (κ3) is 118. The Balaban J connectivity index is -0.0000000631. The van der Waals surface area contributed by atoms with Crippen LogP contribution in [0.5, 0.6) is 0 Å². The van der Waals surface area contributed by atoms with Crippen molar-refractivity contribution in [1.82, 2.24) is 0 Å². The highest BCUT2D eigenvalue weighted by molar-refractivity contribution is 5.91. The second-order valence-corrected chi connectivity index (χ2v) is 26.2. The zero-order valence-electron chi connectivity index (χ0n) is 73.8. The molecule has 0 aromatic heterocycles. The minimum Gasteiger partial charge on any atom is -0.0776 e. The van der Waals surface area contributed by atoms with Crippen LogP contribution in [-0.4, -0.2) is 0 Å². The number of fused-ring (bicyclic) bond motifs is 3. The second-order valence-electron chi connectivity index (χ2n) is 26.2. The van der Waals surface area contributed by atoms with Gasteiger partial charge in [-0.3, -0.25) is 0 Å². The monoisotopic (exact) mass is 1400 g/mol. The van der Waals surface area contributed by atoms with E-state index in [0.29, 0.717) is 21.7 Å². The van der Waals surface area contributed by atoms with Gasteiger partial charge in [-0.2, -0.15) is 0 Å². The van der Waals surface area contributed by atoms with Crippen LogP contribution in [0.4, 0.5) is 0 Å². The van der Waals surface area contributed by atoms with Crippen molar-refractivity contribution in [2.45, 2.75) is 339 Å². The van der Waals surface area contributed by atoms with Crippen LogP contribution >= 0.6 is 0 Å². The Morgan fingerprint density at radius 1 is 0.158 bits per heavy atom. The summed E-state index contributed by atoms with van der Waals surface area (Å²) in [4.78, 5) is 0. The van der Waals surface area contributed by atoms with Crippen molar-refractivity contribution < 1.29 is 0 Å². The molecule has 9 aromatic rings. The molecule has 0 aliphatic heterocycles.